The molecular formula is C34H36ClN3O4S. The van der Waals surface area contributed by atoms with Crippen LogP contribution in [0.4, 0.5) is 5.69 Å². The summed E-state index contributed by atoms with van der Waals surface area (Å²) in [7, 11) is -4.19. The predicted octanol–water partition coefficient (Wildman–Crippen LogP) is 5.93. The van der Waals surface area contributed by atoms with Gasteiger partial charge in [0.2, 0.25) is 11.8 Å². The lowest BCUT2D eigenvalue weighted by Crippen LogP contribution is -2.53. The third kappa shape index (κ3) is 8.03. The van der Waals surface area contributed by atoms with E-state index in [4.69, 9.17) is 11.6 Å². The van der Waals surface area contributed by atoms with Crippen molar-refractivity contribution in [1.82, 2.24) is 10.2 Å². The number of nitrogens with zero attached hydrogens (tertiary/aromatic N) is 2. The summed E-state index contributed by atoms with van der Waals surface area (Å²) in [5.74, 6) is -0.815. The fourth-order valence-corrected chi connectivity index (χ4v) is 6.55. The quantitative estimate of drug-likeness (QED) is 0.214. The van der Waals surface area contributed by atoms with E-state index in [0.717, 1.165) is 21.0 Å². The molecule has 0 saturated heterocycles. The Kier molecular flexibility index (Phi) is 10.6. The zero-order valence-corrected chi connectivity index (χ0v) is 26.1. The fraction of sp³-hybridized carbons (Fsp3) is 0.235. The van der Waals surface area contributed by atoms with Crippen molar-refractivity contribution in [3.8, 4) is 0 Å². The molecule has 2 amide bonds. The molecule has 9 heteroatoms. The molecule has 224 valence electrons. The molecule has 0 heterocycles. The van der Waals surface area contributed by atoms with Crippen molar-refractivity contribution in [1.29, 1.82) is 0 Å². The Morgan fingerprint density at radius 1 is 0.837 bits per heavy atom. The largest absolute Gasteiger partial charge is 0.355 e. The molecule has 1 N–H and O–H groups in total. The average Bonchev–Trinajstić information content (AvgIpc) is 2.99. The summed E-state index contributed by atoms with van der Waals surface area (Å²) < 4.78 is 29.3. The molecule has 4 rings (SSSR count). The van der Waals surface area contributed by atoms with Gasteiger partial charge in [-0.1, -0.05) is 90.0 Å². The Morgan fingerprint density at radius 2 is 1.49 bits per heavy atom. The first-order chi connectivity index (χ1) is 20.6. The van der Waals surface area contributed by atoms with E-state index in [-0.39, 0.29) is 23.8 Å². The minimum absolute atomic E-state index is 0.00255. The van der Waals surface area contributed by atoms with E-state index >= 15 is 0 Å². The molecule has 1 atom stereocenters. The number of hydrogen-bond donors (Lipinski definition) is 1. The summed E-state index contributed by atoms with van der Waals surface area (Å²) in [6.07, 6.45) is 0.262. The Bertz CT molecular complexity index is 1660. The summed E-state index contributed by atoms with van der Waals surface area (Å²) in [6.45, 7) is 5.57. The smallest absolute Gasteiger partial charge is 0.264 e. The lowest BCUT2D eigenvalue weighted by atomic mass is 10.0. The number of carbonyl (C=O) groups excluding carboxylic acids is 2. The van der Waals surface area contributed by atoms with Crippen LogP contribution in [0.2, 0.25) is 5.02 Å². The second kappa shape index (κ2) is 14.4. The zero-order valence-electron chi connectivity index (χ0n) is 24.5. The summed E-state index contributed by atoms with van der Waals surface area (Å²) in [4.78, 5) is 29.5. The molecular weight excluding hydrogens is 582 g/mol. The van der Waals surface area contributed by atoms with E-state index in [2.05, 4.69) is 5.32 Å². The van der Waals surface area contributed by atoms with Gasteiger partial charge in [-0.2, -0.15) is 0 Å². The summed E-state index contributed by atoms with van der Waals surface area (Å²) in [5, 5.41) is 3.27. The second-order valence-corrected chi connectivity index (χ2v) is 12.7. The van der Waals surface area contributed by atoms with Crippen LogP contribution in [-0.4, -0.2) is 44.3 Å². The van der Waals surface area contributed by atoms with Gasteiger partial charge in [-0.05, 0) is 67.8 Å². The van der Waals surface area contributed by atoms with Crippen molar-refractivity contribution in [3.05, 3.63) is 130 Å². The number of nitrogens with one attached hydrogen (secondary N) is 1. The molecule has 0 radical (unpaired) electrons. The van der Waals surface area contributed by atoms with E-state index in [1.54, 1.807) is 25.1 Å². The van der Waals surface area contributed by atoms with Gasteiger partial charge >= 0.3 is 0 Å². The number of anilines is 1. The average molecular weight is 618 g/mol. The van der Waals surface area contributed by atoms with E-state index in [1.165, 1.54) is 29.2 Å². The van der Waals surface area contributed by atoms with Gasteiger partial charge in [-0.25, -0.2) is 8.42 Å². The van der Waals surface area contributed by atoms with Crippen LogP contribution >= 0.6 is 11.6 Å². The topological polar surface area (TPSA) is 86.8 Å². The van der Waals surface area contributed by atoms with Crippen LogP contribution in [0.25, 0.3) is 0 Å². The maximum Gasteiger partial charge on any atom is 0.264 e. The van der Waals surface area contributed by atoms with Crippen molar-refractivity contribution in [2.24, 2.45) is 0 Å². The van der Waals surface area contributed by atoms with Crippen LogP contribution in [0, 0.1) is 13.8 Å². The lowest BCUT2D eigenvalue weighted by Gasteiger charge is -2.34. The van der Waals surface area contributed by atoms with Crippen molar-refractivity contribution in [2.45, 2.75) is 44.7 Å². The van der Waals surface area contributed by atoms with Gasteiger partial charge < -0.3 is 10.2 Å². The number of aryl methyl sites for hydroxylation is 2. The summed E-state index contributed by atoms with van der Waals surface area (Å²) in [6, 6.07) is 29.2. The third-order valence-corrected chi connectivity index (χ3v) is 9.15. The van der Waals surface area contributed by atoms with Crippen LogP contribution in [0.1, 0.15) is 29.2 Å². The molecule has 0 aliphatic rings. The predicted molar refractivity (Wildman–Crippen MR) is 172 cm³/mol. The third-order valence-electron chi connectivity index (χ3n) is 7.12. The first-order valence-electron chi connectivity index (χ1n) is 14.1. The first kappa shape index (κ1) is 31.8. The molecule has 0 aromatic heterocycles. The highest BCUT2D eigenvalue weighted by Crippen LogP contribution is 2.28. The van der Waals surface area contributed by atoms with Gasteiger partial charge in [0, 0.05) is 24.5 Å². The monoisotopic (exact) mass is 617 g/mol. The Balaban J connectivity index is 1.80. The highest BCUT2D eigenvalue weighted by atomic mass is 35.5. The Hall–Kier alpha value is -4.14. The molecule has 0 saturated carbocycles. The van der Waals surface area contributed by atoms with Crippen LogP contribution in [0.15, 0.2) is 108 Å². The van der Waals surface area contributed by atoms with Gasteiger partial charge in [0.15, 0.2) is 0 Å². The highest BCUT2D eigenvalue weighted by Gasteiger charge is 2.34. The zero-order chi connectivity index (χ0) is 31.0. The molecule has 0 fully saturated rings. The van der Waals surface area contributed by atoms with Gasteiger partial charge in [-0.3, -0.25) is 13.9 Å². The van der Waals surface area contributed by atoms with E-state index in [9.17, 15) is 18.0 Å². The summed E-state index contributed by atoms with van der Waals surface area (Å²) >= 11 is 6.05. The number of hydrogen-bond acceptors (Lipinski definition) is 4. The number of carbonyl (C=O) groups is 2. The van der Waals surface area contributed by atoms with Crippen molar-refractivity contribution >= 4 is 39.1 Å². The molecule has 4 aromatic rings. The minimum Gasteiger partial charge on any atom is -0.355 e. The molecule has 0 aliphatic heterocycles. The number of amides is 2. The van der Waals surface area contributed by atoms with E-state index in [1.807, 2.05) is 74.5 Å². The van der Waals surface area contributed by atoms with Gasteiger partial charge in [-0.15, -0.1) is 0 Å². The van der Waals surface area contributed by atoms with E-state index < -0.39 is 28.5 Å². The number of likely N-dealkylation sites (N-methyl/N-ethyl adjacent to an activating group) is 1. The minimum atomic E-state index is -4.19. The van der Waals surface area contributed by atoms with E-state index in [0.29, 0.717) is 22.8 Å². The van der Waals surface area contributed by atoms with Crippen LogP contribution in [-0.2, 0) is 32.6 Å². The first-order valence-corrected chi connectivity index (χ1v) is 15.9. The van der Waals surface area contributed by atoms with Gasteiger partial charge in [0.1, 0.15) is 12.6 Å². The molecule has 0 aliphatic carbocycles. The number of benzene rings is 4. The molecule has 0 spiro atoms. The number of rotatable bonds is 12. The Labute approximate surface area is 259 Å². The van der Waals surface area contributed by atoms with Crippen LogP contribution in [0.3, 0.4) is 0 Å². The van der Waals surface area contributed by atoms with Crippen molar-refractivity contribution in [2.75, 3.05) is 17.4 Å². The molecule has 0 bridgehead atoms. The van der Waals surface area contributed by atoms with Crippen molar-refractivity contribution < 1.29 is 18.0 Å². The second-order valence-electron chi connectivity index (χ2n) is 10.4. The number of halogens is 1. The standard InChI is InChI=1S/C34H36ClN3O4S/c1-4-36-34(40)32(22-27-13-6-5-7-14-27)37(23-28-15-10-11-25(2)21-28)33(39)24-38(31-16-9-8-12-26(31)3)43(41,42)30-19-17-29(35)18-20-30/h5-21,32H,4,22-24H2,1-3H3,(H,36,40)/t32-/m1/s1. The molecule has 7 nitrogen and oxygen atoms in total. The molecule has 43 heavy (non-hydrogen) atoms. The maximum atomic E-state index is 14.4. The SMILES string of the molecule is CCNC(=O)[C@@H](Cc1ccccc1)N(Cc1cccc(C)c1)C(=O)CN(c1ccccc1C)S(=O)(=O)c1ccc(Cl)cc1. The molecule has 4 aromatic carbocycles. The van der Waals surface area contributed by atoms with Crippen molar-refractivity contribution in [3.63, 3.8) is 0 Å². The highest BCUT2D eigenvalue weighted by molar-refractivity contribution is 7.92. The Morgan fingerprint density at radius 3 is 2.14 bits per heavy atom. The number of para-hydroxylation sites is 1. The fourth-order valence-electron chi connectivity index (χ4n) is 4.94. The van der Waals surface area contributed by atoms with Gasteiger partial charge in [0.05, 0.1) is 10.6 Å². The number of sulfonamides is 1. The summed E-state index contributed by atoms with van der Waals surface area (Å²) in [5.41, 5.74) is 3.78. The molecule has 0 unspecified atom stereocenters. The van der Waals surface area contributed by atoms with Crippen LogP contribution in [0.5, 0.6) is 0 Å². The normalized spacial score (nSPS) is 11.9. The van der Waals surface area contributed by atoms with Gasteiger partial charge in [0.25, 0.3) is 10.0 Å². The lowest BCUT2D eigenvalue weighted by molar-refractivity contribution is -0.140. The van der Waals surface area contributed by atoms with Crippen LogP contribution < -0.4 is 9.62 Å². The maximum absolute atomic E-state index is 14.4.